The fraction of sp³-hybridized carbons (Fsp3) is 0.636. The molecule has 0 aromatic carbocycles. The van der Waals surface area contributed by atoms with E-state index in [0.29, 0.717) is 19.0 Å². The van der Waals surface area contributed by atoms with E-state index in [4.69, 9.17) is 0 Å². The third-order valence-electron chi connectivity index (χ3n) is 2.98. The first-order chi connectivity index (χ1) is 7.75. The molecule has 0 aliphatic carbocycles. The summed E-state index contributed by atoms with van der Waals surface area (Å²) >= 11 is 0. The number of aromatic nitrogens is 2. The second kappa shape index (κ2) is 5.12. The lowest BCUT2D eigenvalue weighted by atomic mass is 10.1. The van der Waals surface area contributed by atoms with Crippen molar-refractivity contribution in [1.29, 1.82) is 0 Å². The van der Waals surface area contributed by atoms with Crippen molar-refractivity contribution < 1.29 is 4.79 Å². The zero-order chi connectivity index (χ0) is 11.4. The summed E-state index contributed by atoms with van der Waals surface area (Å²) in [6.45, 7) is 1.67. The first kappa shape index (κ1) is 11.1. The summed E-state index contributed by atoms with van der Waals surface area (Å²) in [6, 6.07) is 0.374. The van der Waals surface area contributed by atoms with Crippen LogP contribution in [0.1, 0.15) is 24.8 Å². The van der Waals surface area contributed by atoms with Crippen LogP contribution in [0.4, 0.5) is 0 Å². The van der Waals surface area contributed by atoms with Gasteiger partial charge in [-0.3, -0.25) is 9.89 Å². The molecule has 0 bridgehead atoms. The monoisotopic (exact) mass is 222 g/mol. The number of nitrogens with one attached hydrogen (secondary N) is 2. The first-order valence-corrected chi connectivity index (χ1v) is 5.70. The highest BCUT2D eigenvalue weighted by atomic mass is 16.2. The van der Waals surface area contributed by atoms with Crippen molar-refractivity contribution in [3.8, 4) is 0 Å². The molecule has 2 N–H and O–H groups in total. The molecule has 2 rings (SSSR count). The van der Waals surface area contributed by atoms with Gasteiger partial charge in [-0.05, 0) is 19.4 Å². The molecule has 1 aliphatic rings. The van der Waals surface area contributed by atoms with Gasteiger partial charge in [0.15, 0.2) is 0 Å². The summed E-state index contributed by atoms with van der Waals surface area (Å²) < 4.78 is 0. The molecule has 1 fully saturated rings. The number of hydrogen-bond acceptors (Lipinski definition) is 3. The second-order valence-electron chi connectivity index (χ2n) is 4.35. The normalized spacial score (nSPS) is 19.9. The van der Waals surface area contributed by atoms with E-state index in [1.807, 2.05) is 13.2 Å². The summed E-state index contributed by atoms with van der Waals surface area (Å²) in [6.07, 6.45) is 6.47. The fourth-order valence-electron chi connectivity index (χ4n) is 2.02. The molecule has 0 saturated carbocycles. The van der Waals surface area contributed by atoms with Crippen LogP contribution in [0.2, 0.25) is 0 Å². The molecule has 1 aliphatic heterocycles. The van der Waals surface area contributed by atoms with E-state index in [2.05, 4.69) is 15.5 Å². The Morgan fingerprint density at radius 3 is 3.19 bits per heavy atom. The highest BCUT2D eigenvalue weighted by Gasteiger charge is 2.19. The smallest absolute Gasteiger partial charge is 0.224 e. The number of rotatable bonds is 4. The van der Waals surface area contributed by atoms with E-state index in [1.54, 1.807) is 11.1 Å². The van der Waals surface area contributed by atoms with E-state index in [0.717, 1.165) is 18.5 Å². The van der Waals surface area contributed by atoms with Gasteiger partial charge in [-0.2, -0.15) is 5.10 Å². The van der Waals surface area contributed by atoms with Gasteiger partial charge in [0, 0.05) is 37.8 Å². The second-order valence-corrected chi connectivity index (χ2v) is 4.35. The molecule has 2 heterocycles. The van der Waals surface area contributed by atoms with Crippen molar-refractivity contribution in [2.45, 2.75) is 31.8 Å². The fourth-order valence-corrected chi connectivity index (χ4v) is 2.02. The van der Waals surface area contributed by atoms with Gasteiger partial charge in [0.25, 0.3) is 0 Å². The third-order valence-corrected chi connectivity index (χ3v) is 2.98. The van der Waals surface area contributed by atoms with E-state index >= 15 is 0 Å². The minimum atomic E-state index is 0.195. The van der Waals surface area contributed by atoms with Crippen molar-refractivity contribution in [3.63, 3.8) is 0 Å². The predicted octanol–water partition coefficient (Wildman–Crippen LogP) is 0.510. The molecule has 16 heavy (non-hydrogen) atoms. The van der Waals surface area contributed by atoms with E-state index < -0.39 is 0 Å². The molecular formula is C11H18N4O. The average molecular weight is 222 g/mol. The molecule has 0 spiro atoms. The maximum absolute atomic E-state index is 11.9. The number of amides is 1. The van der Waals surface area contributed by atoms with Crippen LogP contribution in [0.25, 0.3) is 0 Å². The molecule has 5 nitrogen and oxygen atoms in total. The van der Waals surface area contributed by atoms with Crippen LogP contribution in [0.5, 0.6) is 0 Å². The summed E-state index contributed by atoms with van der Waals surface area (Å²) in [5.41, 5.74) is 1.04. The van der Waals surface area contributed by atoms with Crippen molar-refractivity contribution >= 4 is 5.91 Å². The highest BCUT2D eigenvalue weighted by molar-refractivity contribution is 5.76. The Morgan fingerprint density at radius 1 is 1.69 bits per heavy atom. The van der Waals surface area contributed by atoms with Crippen molar-refractivity contribution in [2.75, 3.05) is 13.6 Å². The van der Waals surface area contributed by atoms with Gasteiger partial charge in [0.1, 0.15) is 0 Å². The zero-order valence-electron chi connectivity index (χ0n) is 9.57. The molecule has 1 unspecified atom stereocenters. The molecule has 1 aromatic rings. The van der Waals surface area contributed by atoms with Gasteiger partial charge in [0.05, 0.1) is 6.20 Å². The Labute approximate surface area is 95.2 Å². The minimum absolute atomic E-state index is 0.195. The Bertz CT molecular complexity index is 330. The van der Waals surface area contributed by atoms with Crippen molar-refractivity contribution in [3.05, 3.63) is 18.0 Å². The number of hydrogen-bond donors (Lipinski definition) is 2. The van der Waals surface area contributed by atoms with Gasteiger partial charge >= 0.3 is 0 Å². The predicted molar refractivity (Wildman–Crippen MR) is 60.7 cm³/mol. The summed E-state index contributed by atoms with van der Waals surface area (Å²) in [4.78, 5) is 13.6. The number of carbonyl (C=O) groups is 1. The van der Waals surface area contributed by atoms with Crippen LogP contribution < -0.4 is 5.32 Å². The van der Waals surface area contributed by atoms with Gasteiger partial charge < -0.3 is 10.2 Å². The Kier molecular flexibility index (Phi) is 3.56. The maximum Gasteiger partial charge on any atom is 0.224 e. The summed E-state index contributed by atoms with van der Waals surface area (Å²) in [5.74, 6) is 0.195. The van der Waals surface area contributed by atoms with Crippen LogP contribution in [0.3, 0.4) is 0 Å². The van der Waals surface area contributed by atoms with E-state index in [9.17, 15) is 4.79 Å². The Hall–Kier alpha value is -1.36. The Balaban J connectivity index is 1.79. The SMILES string of the molecule is CN(Cc1cn[nH]c1)C(=O)CC1CCCN1. The van der Waals surface area contributed by atoms with Crippen molar-refractivity contribution in [1.82, 2.24) is 20.4 Å². The summed E-state index contributed by atoms with van der Waals surface area (Å²) in [7, 11) is 1.84. The molecule has 88 valence electrons. The zero-order valence-corrected chi connectivity index (χ0v) is 9.57. The van der Waals surface area contributed by atoms with Gasteiger partial charge in [-0.15, -0.1) is 0 Å². The largest absolute Gasteiger partial charge is 0.341 e. The highest BCUT2D eigenvalue weighted by Crippen LogP contribution is 2.11. The summed E-state index contributed by atoms with van der Waals surface area (Å²) in [5, 5.41) is 9.94. The van der Waals surface area contributed by atoms with Crippen LogP contribution in [0, 0.1) is 0 Å². The van der Waals surface area contributed by atoms with Gasteiger partial charge in [-0.1, -0.05) is 0 Å². The van der Waals surface area contributed by atoms with Gasteiger partial charge in [-0.25, -0.2) is 0 Å². The molecule has 0 radical (unpaired) electrons. The lowest BCUT2D eigenvalue weighted by molar-refractivity contribution is -0.130. The number of nitrogens with zero attached hydrogens (tertiary/aromatic N) is 2. The lowest BCUT2D eigenvalue weighted by Crippen LogP contribution is -2.33. The molecule has 1 amide bonds. The van der Waals surface area contributed by atoms with Crippen LogP contribution in [-0.4, -0.2) is 40.6 Å². The molecule has 1 saturated heterocycles. The average Bonchev–Trinajstić information content (AvgIpc) is 2.90. The maximum atomic E-state index is 11.9. The van der Waals surface area contributed by atoms with Crippen LogP contribution >= 0.6 is 0 Å². The number of H-pyrrole nitrogens is 1. The molecular weight excluding hydrogens is 204 g/mol. The van der Waals surface area contributed by atoms with Crippen LogP contribution in [-0.2, 0) is 11.3 Å². The first-order valence-electron chi connectivity index (χ1n) is 5.70. The van der Waals surface area contributed by atoms with Gasteiger partial charge in [0.2, 0.25) is 5.91 Å². The van der Waals surface area contributed by atoms with E-state index in [-0.39, 0.29) is 5.91 Å². The molecule has 5 heteroatoms. The molecule has 1 aromatic heterocycles. The standard InChI is InChI=1S/C11H18N4O/c1-15(8-9-6-13-14-7-9)11(16)5-10-3-2-4-12-10/h6-7,10,12H,2-5,8H2,1H3,(H,13,14). The van der Waals surface area contributed by atoms with Crippen molar-refractivity contribution in [2.24, 2.45) is 0 Å². The number of carbonyl (C=O) groups excluding carboxylic acids is 1. The Morgan fingerprint density at radius 2 is 2.56 bits per heavy atom. The number of aromatic amines is 1. The quantitative estimate of drug-likeness (QED) is 0.780. The third kappa shape index (κ3) is 2.82. The van der Waals surface area contributed by atoms with Crippen LogP contribution in [0.15, 0.2) is 12.4 Å². The molecule has 1 atom stereocenters. The lowest BCUT2D eigenvalue weighted by Gasteiger charge is -2.18. The van der Waals surface area contributed by atoms with E-state index in [1.165, 1.54) is 6.42 Å². The minimum Gasteiger partial charge on any atom is -0.341 e. The topological polar surface area (TPSA) is 61.0 Å².